The molecular formula is C6H10NO2. The number of carbonyl (C=O) groups is 1. The van der Waals surface area contributed by atoms with Crippen molar-refractivity contribution in [1.29, 1.82) is 0 Å². The van der Waals surface area contributed by atoms with E-state index in [0.29, 0.717) is 0 Å². The fourth-order valence-corrected chi connectivity index (χ4v) is 0.523. The van der Waals surface area contributed by atoms with Crippen LogP contribution in [0.25, 0.3) is 0 Å². The molecule has 1 amide bonds. The van der Waals surface area contributed by atoms with Crippen LogP contribution in [0.3, 0.4) is 0 Å². The Hall–Kier alpha value is -0.860. The SMILES string of the molecule is CC(C)C([C]=O)C(N)=O. The van der Waals surface area contributed by atoms with Crippen molar-refractivity contribution in [2.75, 3.05) is 0 Å². The van der Waals surface area contributed by atoms with Gasteiger partial charge < -0.3 is 5.73 Å². The molecule has 2 N–H and O–H groups in total. The maximum Gasteiger partial charge on any atom is 0.228 e. The summed E-state index contributed by atoms with van der Waals surface area (Å²) in [5.74, 6) is -1.38. The average molecular weight is 128 g/mol. The van der Waals surface area contributed by atoms with Gasteiger partial charge in [0.05, 0.1) is 0 Å². The Morgan fingerprint density at radius 1 is 1.56 bits per heavy atom. The van der Waals surface area contributed by atoms with Crippen molar-refractivity contribution in [3.63, 3.8) is 0 Å². The highest BCUT2D eigenvalue weighted by molar-refractivity contribution is 5.90. The number of amides is 1. The second-order valence-corrected chi connectivity index (χ2v) is 2.24. The number of carbonyl (C=O) groups excluding carboxylic acids is 2. The molecule has 9 heavy (non-hydrogen) atoms. The molecule has 0 bridgehead atoms. The van der Waals surface area contributed by atoms with Crippen molar-refractivity contribution in [3.05, 3.63) is 0 Å². The van der Waals surface area contributed by atoms with Crippen LogP contribution in [-0.4, -0.2) is 12.2 Å². The van der Waals surface area contributed by atoms with E-state index in [0.717, 1.165) is 0 Å². The van der Waals surface area contributed by atoms with E-state index >= 15 is 0 Å². The smallest absolute Gasteiger partial charge is 0.228 e. The van der Waals surface area contributed by atoms with E-state index in [9.17, 15) is 9.59 Å². The predicted octanol–water partition coefficient (Wildman–Crippen LogP) is -0.146. The average Bonchev–Trinajstić information content (AvgIpc) is 1.64. The molecule has 0 rings (SSSR count). The number of primary amides is 1. The summed E-state index contributed by atoms with van der Waals surface area (Å²) < 4.78 is 0. The minimum Gasteiger partial charge on any atom is -0.369 e. The van der Waals surface area contributed by atoms with E-state index in [-0.39, 0.29) is 5.92 Å². The lowest BCUT2D eigenvalue weighted by atomic mass is 9.97. The summed E-state index contributed by atoms with van der Waals surface area (Å²) in [6, 6.07) is 0. The van der Waals surface area contributed by atoms with E-state index < -0.39 is 11.8 Å². The van der Waals surface area contributed by atoms with E-state index in [1.807, 2.05) is 0 Å². The Morgan fingerprint density at radius 3 is 2.00 bits per heavy atom. The number of hydrogen-bond acceptors (Lipinski definition) is 2. The quantitative estimate of drug-likeness (QED) is 0.537. The van der Waals surface area contributed by atoms with Gasteiger partial charge in [-0.25, -0.2) is 0 Å². The molecule has 0 aromatic carbocycles. The van der Waals surface area contributed by atoms with Gasteiger partial charge in [-0.3, -0.25) is 9.59 Å². The van der Waals surface area contributed by atoms with Crippen LogP contribution in [0.2, 0.25) is 0 Å². The van der Waals surface area contributed by atoms with Crippen LogP contribution in [0, 0.1) is 11.8 Å². The summed E-state index contributed by atoms with van der Waals surface area (Å²) in [5, 5.41) is 0. The summed E-state index contributed by atoms with van der Waals surface area (Å²) in [7, 11) is 0. The highest BCUT2D eigenvalue weighted by Crippen LogP contribution is 2.05. The molecule has 0 spiro atoms. The first-order valence-corrected chi connectivity index (χ1v) is 2.76. The predicted molar refractivity (Wildman–Crippen MR) is 33.2 cm³/mol. The standard InChI is InChI=1S/C6H10NO2/c1-4(2)5(3-8)6(7)9/h4-5H,1-2H3,(H2,7,9). The zero-order valence-electron chi connectivity index (χ0n) is 5.55. The number of rotatable bonds is 3. The minimum absolute atomic E-state index is 0.0417. The summed E-state index contributed by atoms with van der Waals surface area (Å²) in [4.78, 5) is 20.3. The normalized spacial score (nSPS) is 13.2. The molecule has 0 aromatic heterocycles. The fraction of sp³-hybridized carbons (Fsp3) is 0.667. The van der Waals surface area contributed by atoms with Crippen LogP contribution < -0.4 is 5.73 Å². The first kappa shape index (κ1) is 8.14. The molecule has 3 nitrogen and oxygen atoms in total. The molecule has 0 aliphatic carbocycles. The molecule has 51 valence electrons. The van der Waals surface area contributed by atoms with E-state index in [1.54, 1.807) is 20.1 Å². The number of hydrogen-bond donors (Lipinski definition) is 1. The largest absolute Gasteiger partial charge is 0.369 e. The molecule has 0 saturated heterocycles. The molecule has 3 heteroatoms. The molecule has 0 heterocycles. The topological polar surface area (TPSA) is 60.2 Å². The van der Waals surface area contributed by atoms with Crippen LogP contribution in [0.4, 0.5) is 0 Å². The highest BCUT2D eigenvalue weighted by Gasteiger charge is 2.18. The van der Waals surface area contributed by atoms with Crippen LogP contribution in [0.15, 0.2) is 0 Å². The van der Waals surface area contributed by atoms with E-state index in [4.69, 9.17) is 5.73 Å². The van der Waals surface area contributed by atoms with Gasteiger partial charge in [-0.05, 0) is 5.92 Å². The van der Waals surface area contributed by atoms with Crippen molar-refractivity contribution < 1.29 is 9.59 Å². The molecule has 0 saturated carbocycles. The Kier molecular flexibility index (Phi) is 2.91. The highest BCUT2D eigenvalue weighted by atomic mass is 16.2. The summed E-state index contributed by atoms with van der Waals surface area (Å²) >= 11 is 0. The van der Waals surface area contributed by atoms with Crippen molar-refractivity contribution in [2.24, 2.45) is 17.6 Å². The van der Waals surface area contributed by atoms with Crippen molar-refractivity contribution in [2.45, 2.75) is 13.8 Å². The maximum absolute atomic E-state index is 10.3. The van der Waals surface area contributed by atoms with Crippen LogP contribution in [0.5, 0.6) is 0 Å². The molecule has 1 unspecified atom stereocenters. The molecule has 0 fully saturated rings. The summed E-state index contributed by atoms with van der Waals surface area (Å²) in [6.07, 6.45) is 1.58. The van der Waals surface area contributed by atoms with Crippen LogP contribution in [0.1, 0.15) is 13.8 Å². The lowest BCUT2D eigenvalue weighted by Gasteiger charge is -2.06. The molecule has 0 aliphatic heterocycles. The second-order valence-electron chi connectivity index (χ2n) is 2.24. The van der Waals surface area contributed by atoms with Gasteiger partial charge in [0.2, 0.25) is 12.2 Å². The third kappa shape index (κ3) is 2.26. The van der Waals surface area contributed by atoms with E-state index in [1.165, 1.54) is 0 Å². The second kappa shape index (κ2) is 3.22. The van der Waals surface area contributed by atoms with Crippen molar-refractivity contribution in [3.8, 4) is 0 Å². The molecular weight excluding hydrogens is 118 g/mol. The Morgan fingerprint density at radius 2 is 2.00 bits per heavy atom. The Labute approximate surface area is 54.2 Å². The first-order valence-electron chi connectivity index (χ1n) is 2.76. The van der Waals surface area contributed by atoms with Gasteiger partial charge >= 0.3 is 0 Å². The zero-order valence-corrected chi connectivity index (χ0v) is 5.55. The lowest BCUT2D eigenvalue weighted by Crippen LogP contribution is -2.28. The molecule has 0 aromatic rings. The van der Waals surface area contributed by atoms with Crippen LogP contribution >= 0.6 is 0 Å². The van der Waals surface area contributed by atoms with Gasteiger partial charge in [-0.1, -0.05) is 13.8 Å². The van der Waals surface area contributed by atoms with Gasteiger partial charge in [0.15, 0.2) is 0 Å². The summed E-state index contributed by atoms with van der Waals surface area (Å²) in [6.45, 7) is 3.50. The fourth-order valence-electron chi connectivity index (χ4n) is 0.523. The first-order chi connectivity index (χ1) is 4.09. The third-order valence-corrected chi connectivity index (χ3v) is 1.10. The molecule has 0 aliphatic rings. The number of nitrogens with two attached hydrogens (primary N) is 1. The molecule has 1 atom stereocenters. The molecule has 1 radical (unpaired) electrons. The van der Waals surface area contributed by atoms with Gasteiger partial charge in [0, 0.05) is 0 Å². The van der Waals surface area contributed by atoms with Gasteiger partial charge in [0.1, 0.15) is 5.92 Å². The zero-order chi connectivity index (χ0) is 7.44. The minimum atomic E-state index is -0.745. The monoisotopic (exact) mass is 128 g/mol. The summed E-state index contributed by atoms with van der Waals surface area (Å²) in [5.41, 5.74) is 4.85. The van der Waals surface area contributed by atoms with Gasteiger partial charge in [0.25, 0.3) is 0 Å². The maximum atomic E-state index is 10.3. The van der Waals surface area contributed by atoms with Gasteiger partial charge in [-0.15, -0.1) is 0 Å². The van der Waals surface area contributed by atoms with Gasteiger partial charge in [-0.2, -0.15) is 0 Å². The van der Waals surface area contributed by atoms with Crippen molar-refractivity contribution in [1.82, 2.24) is 0 Å². The van der Waals surface area contributed by atoms with Crippen LogP contribution in [-0.2, 0) is 9.59 Å². The van der Waals surface area contributed by atoms with Crippen molar-refractivity contribution >= 4 is 12.2 Å². The van der Waals surface area contributed by atoms with E-state index in [2.05, 4.69) is 0 Å². The third-order valence-electron chi connectivity index (χ3n) is 1.10. The lowest BCUT2D eigenvalue weighted by molar-refractivity contribution is -0.120. The Bertz CT molecular complexity index is 120. The Balaban J connectivity index is 3.98.